The van der Waals surface area contributed by atoms with Crippen LogP contribution in [0.2, 0.25) is 0 Å². The first kappa shape index (κ1) is 22.4. The van der Waals surface area contributed by atoms with E-state index < -0.39 is 11.8 Å². The molecule has 3 amide bonds. The van der Waals surface area contributed by atoms with Gasteiger partial charge in [0.15, 0.2) is 0 Å². The highest BCUT2D eigenvalue weighted by Gasteiger charge is 2.15. The maximum Gasteiger partial charge on any atom is 0.273 e. The average Bonchev–Trinajstić information content (AvgIpc) is 2.71. The van der Waals surface area contributed by atoms with E-state index in [-0.39, 0.29) is 5.91 Å². The minimum atomic E-state index is -0.491. The third-order valence-electron chi connectivity index (χ3n) is 3.85. The summed E-state index contributed by atoms with van der Waals surface area (Å²) in [6, 6.07) is 11.5. The van der Waals surface area contributed by atoms with Gasteiger partial charge in [0.05, 0.1) is 12.2 Å². The summed E-state index contributed by atoms with van der Waals surface area (Å²) in [5, 5.41) is 2.75. The van der Waals surface area contributed by atoms with Crippen LogP contribution in [0.5, 0.6) is 5.75 Å². The van der Waals surface area contributed by atoms with Gasteiger partial charge in [0.25, 0.3) is 11.8 Å². The molecule has 0 bridgehead atoms. The molecule has 8 heteroatoms. The van der Waals surface area contributed by atoms with Gasteiger partial charge in [0.1, 0.15) is 5.75 Å². The van der Waals surface area contributed by atoms with Gasteiger partial charge < -0.3 is 10.1 Å². The molecular weight excluding hydrogens is 438 g/mol. The van der Waals surface area contributed by atoms with Crippen LogP contribution in [0.4, 0.5) is 5.69 Å². The molecule has 0 unspecified atom stereocenters. The molecule has 0 saturated heterocycles. The Morgan fingerprint density at radius 3 is 2.28 bits per heavy atom. The van der Waals surface area contributed by atoms with Crippen LogP contribution in [0, 0.1) is 0 Å². The molecule has 0 aliphatic carbocycles. The summed E-state index contributed by atoms with van der Waals surface area (Å²) < 4.78 is 6.31. The molecule has 0 aliphatic heterocycles. The molecule has 3 N–H and O–H groups in total. The highest BCUT2D eigenvalue weighted by atomic mass is 79.9. The van der Waals surface area contributed by atoms with Crippen molar-refractivity contribution in [2.24, 2.45) is 0 Å². The Kier molecular flexibility index (Phi) is 8.67. The summed E-state index contributed by atoms with van der Waals surface area (Å²) in [6.45, 7) is 4.38. The lowest BCUT2D eigenvalue weighted by molar-refractivity contribution is -0.116. The molecule has 2 rings (SSSR count). The van der Waals surface area contributed by atoms with E-state index in [9.17, 15) is 14.4 Å². The highest BCUT2D eigenvalue weighted by molar-refractivity contribution is 9.10. The lowest BCUT2D eigenvalue weighted by Crippen LogP contribution is -2.41. The summed E-state index contributed by atoms with van der Waals surface area (Å²) in [5.41, 5.74) is 6.04. The average molecular weight is 462 g/mol. The fraction of sp³-hybridized carbons (Fsp3) is 0.286. The van der Waals surface area contributed by atoms with E-state index in [0.717, 1.165) is 17.3 Å². The number of halogens is 1. The molecule has 0 aromatic heterocycles. The number of ether oxygens (including phenoxy) is 1. The fourth-order valence-corrected chi connectivity index (χ4v) is 2.79. The van der Waals surface area contributed by atoms with Crippen molar-refractivity contribution in [2.75, 3.05) is 11.9 Å². The van der Waals surface area contributed by atoms with Crippen LogP contribution in [-0.2, 0) is 4.79 Å². The van der Waals surface area contributed by atoms with Crippen LogP contribution in [-0.4, -0.2) is 24.3 Å². The van der Waals surface area contributed by atoms with Crippen LogP contribution in [0.15, 0.2) is 46.9 Å². The van der Waals surface area contributed by atoms with Crippen molar-refractivity contribution in [1.29, 1.82) is 0 Å². The molecule has 29 heavy (non-hydrogen) atoms. The predicted octanol–water partition coefficient (Wildman–Crippen LogP) is 4.05. The van der Waals surface area contributed by atoms with Gasteiger partial charge >= 0.3 is 0 Å². The Morgan fingerprint density at radius 1 is 0.931 bits per heavy atom. The van der Waals surface area contributed by atoms with Crippen LogP contribution in [0.25, 0.3) is 0 Å². The van der Waals surface area contributed by atoms with Gasteiger partial charge in [-0.05, 0) is 55.3 Å². The molecule has 0 radical (unpaired) electrons. The number of rotatable bonds is 8. The van der Waals surface area contributed by atoms with Crippen molar-refractivity contribution in [2.45, 2.75) is 33.1 Å². The number of benzene rings is 2. The van der Waals surface area contributed by atoms with Gasteiger partial charge in [-0.1, -0.05) is 29.8 Å². The number of amides is 3. The largest absolute Gasteiger partial charge is 0.493 e. The van der Waals surface area contributed by atoms with Crippen LogP contribution < -0.4 is 20.9 Å². The summed E-state index contributed by atoms with van der Waals surface area (Å²) >= 11 is 3.33. The third-order valence-corrected chi connectivity index (χ3v) is 4.34. The second kappa shape index (κ2) is 11.2. The number of hydrogen-bond donors (Lipinski definition) is 3. The van der Waals surface area contributed by atoms with E-state index in [2.05, 4.69) is 32.1 Å². The second-order valence-corrected chi connectivity index (χ2v) is 7.19. The molecule has 2 aromatic rings. The Balaban J connectivity index is 1.97. The first-order valence-electron chi connectivity index (χ1n) is 9.37. The fourth-order valence-electron chi connectivity index (χ4n) is 2.43. The molecule has 2 aromatic carbocycles. The Labute approximate surface area is 178 Å². The van der Waals surface area contributed by atoms with Gasteiger partial charge in [0, 0.05) is 22.1 Å². The summed E-state index contributed by atoms with van der Waals surface area (Å²) in [5.74, 6) is -0.605. The molecule has 0 aliphatic rings. The maximum atomic E-state index is 12.5. The lowest BCUT2D eigenvalue weighted by atomic mass is 10.2. The third kappa shape index (κ3) is 6.90. The van der Waals surface area contributed by atoms with Crippen molar-refractivity contribution in [1.82, 2.24) is 10.9 Å². The molecule has 0 fully saturated rings. The molecular formula is C21H24BrN3O4. The molecule has 154 valence electrons. The van der Waals surface area contributed by atoms with Crippen LogP contribution in [0.1, 0.15) is 53.8 Å². The number of carbonyl (C=O) groups is 3. The Morgan fingerprint density at radius 2 is 1.62 bits per heavy atom. The lowest BCUT2D eigenvalue weighted by Gasteiger charge is -2.12. The minimum absolute atomic E-state index is 0.0768. The SMILES string of the molecule is CCCOc1ccc(Br)cc1C(=O)NNC(=O)c1ccc(NC(=O)CCC)cc1. The Hall–Kier alpha value is -2.87. The molecule has 0 atom stereocenters. The Bertz CT molecular complexity index is 869. The zero-order valence-electron chi connectivity index (χ0n) is 16.4. The van der Waals surface area contributed by atoms with Crippen molar-refractivity contribution in [3.05, 3.63) is 58.1 Å². The van der Waals surface area contributed by atoms with Gasteiger partial charge in [0.2, 0.25) is 5.91 Å². The summed E-state index contributed by atoms with van der Waals surface area (Å²) in [7, 11) is 0. The van der Waals surface area contributed by atoms with E-state index >= 15 is 0 Å². The highest BCUT2D eigenvalue weighted by Crippen LogP contribution is 2.23. The van der Waals surface area contributed by atoms with Gasteiger partial charge in [-0.25, -0.2) is 0 Å². The predicted molar refractivity (Wildman–Crippen MR) is 115 cm³/mol. The van der Waals surface area contributed by atoms with E-state index in [4.69, 9.17) is 4.74 Å². The monoisotopic (exact) mass is 461 g/mol. The number of hydrogen-bond acceptors (Lipinski definition) is 4. The van der Waals surface area contributed by atoms with Gasteiger partial charge in [-0.3, -0.25) is 25.2 Å². The maximum absolute atomic E-state index is 12.5. The molecule has 0 saturated carbocycles. The van der Waals surface area contributed by atoms with Gasteiger partial charge in [-0.15, -0.1) is 0 Å². The van der Waals surface area contributed by atoms with E-state index in [0.29, 0.717) is 35.6 Å². The van der Waals surface area contributed by atoms with Crippen LogP contribution >= 0.6 is 15.9 Å². The van der Waals surface area contributed by atoms with E-state index in [1.165, 1.54) is 0 Å². The normalized spacial score (nSPS) is 10.2. The zero-order valence-corrected chi connectivity index (χ0v) is 18.0. The van der Waals surface area contributed by atoms with Crippen molar-refractivity contribution >= 4 is 39.3 Å². The van der Waals surface area contributed by atoms with E-state index in [1.807, 2.05) is 13.8 Å². The van der Waals surface area contributed by atoms with Crippen molar-refractivity contribution in [3.8, 4) is 5.75 Å². The second-order valence-electron chi connectivity index (χ2n) is 6.27. The molecule has 0 spiro atoms. The number of hydrazine groups is 1. The minimum Gasteiger partial charge on any atom is -0.493 e. The quantitative estimate of drug-likeness (QED) is 0.516. The van der Waals surface area contributed by atoms with Gasteiger partial charge in [-0.2, -0.15) is 0 Å². The smallest absolute Gasteiger partial charge is 0.273 e. The molecule has 7 nitrogen and oxygen atoms in total. The first-order chi connectivity index (χ1) is 13.9. The first-order valence-corrected chi connectivity index (χ1v) is 10.2. The topological polar surface area (TPSA) is 96.5 Å². The number of nitrogens with one attached hydrogen (secondary N) is 3. The van der Waals surface area contributed by atoms with E-state index in [1.54, 1.807) is 42.5 Å². The standard InChI is InChI=1S/C21H24BrN3O4/c1-3-5-19(26)23-16-9-6-14(7-10-16)20(27)24-25-21(28)17-13-15(22)8-11-18(17)29-12-4-2/h6-11,13H,3-5,12H2,1-2H3,(H,23,26)(H,24,27)(H,25,28). The summed E-state index contributed by atoms with van der Waals surface area (Å²) in [6.07, 6.45) is 2.01. The number of anilines is 1. The van der Waals surface area contributed by atoms with Crippen LogP contribution in [0.3, 0.4) is 0 Å². The van der Waals surface area contributed by atoms with Crippen molar-refractivity contribution in [3.63, 3.8) is 0 Å². The molecule has 0 heterocycles. The zero-order chi connectivity index (χ0) is 21.2. The summed E-state index contributed by atoms with van der Waals surface area (Å²) in [4.78, 5) is 36.4. The number of carbonyl (C=O) groups excluding carboxylic acids is 3. The van der Waals surface area contributed by atoms with Crippen molar-refractivity contribution < 1.29 is 19.1 Å².